The molecule has 0 atom stereocenters. The number of methoxy groups -OCH3 is 2. The van der Waals surface area contributed by atoms with Gasteiger partial charge in [0.1, 0.15) is 10.7 Å². The van der Waals surface area contributed by atoms with Gasteiger partial charge in [-0.3, -0.25) is 9.59 Å². The second-order valence-electron chi connectivity index (χ2n) is 4.60. The van der Waals surface area contributed by atoms with Crippen LogP contribution in [-0.4, -0.2) is 34.2 Å². The zero-order valence-corrected chi connectivity index (χ0v) is 12.5. The van der Waals surface area contributed by atoms with E-state index in [2.05, 4.69) is 5.32 Å². The first-order valence-electron chi connectivity index (χ1n) is 6.19. The molecule has 0 amide bonds. The Hall–Kier alpha value is -2.61. The van der Waals surface area contributed by atoms with Crippen LogP contribution in [0, 0.1) is 0 Å². The third-order valence-electron chi connectivity index (χ3n) is 3.39. The fraction of sp³-hybridized carbons (Fsp3) is 0.143. The molecule has 0 fully saturated rings. The van der Waals surface area contributed by atoms with Crippen LogP contribution in [0.25, 0.3) is 0 Å². The van der Waals surface area contributed by atoms with Crippen LogP contribution in [0.1, 0.15) is 0 Å². The number of ether oxygens (including phenoxy) is 2. The molecular formula is C14H11NO6S. The summed E-state index contributed by atoms with van der Waals surface area (Å²) in [6, 6.07) is 4.41. The van der Waals surface area contributed by atoms with Crippen LogP contribution in [0.5, 0.6) is 5.75 Å². The van der Waals surface area contributed by atoms with Crippen molar-refractivity contribution in [3.8, 4) is 5.75 Å². The van der Waals surface area contributed by atoms with Crippen LogP contribution in [0.3, 0.4) is 0 Å². The van der Waals surface area contributed by atoms with Gasteiger partial charge in [0, 0.05) is 12.1 Å². The average molecular weight is 321 g/mol. The third-order valence-corrected chi connectivity index (χ3v) is 5.25. The normalized spacial score (nSPS) is 18.9. The molecule has 22 heavy (non-hydrogen) atoms. The maximum Gasteiger partial charge on any atom is 0.268 e. The molecule has 3 rings (SSSR count). The summed E-state index contributed by atoms with van der Waals surface area (Å²) in [5.41, 5.74) is 0.326. The Morgan fingerprint density at radius 3 is 2.41 bits per heavy atom. The van der Waals surface area contributed by atoms with Crippen molar-refractivity contribution in [1.29, 1.82) is 0 Å². The quantitative estimate of drug-likeness (QED) is 0.635. The first-order valence-corrected chi connectivity index (χ1v) is 7.67. The van der Waals surface area contributed by atoms with Gasteiger partial charge in [-0.2, -0.15) is 0 Å². The number of carbonyl (C=O) groups excluding carboxylic acids is 2. The van der Waals surface area contributed by atoms with Crippen LogP contribution < -0.4 is 10.1 Å². The van der Waals surface area contributed by atoms with Crippen molar-refractivity contribution in [2.45, 2.75) is 4.90 Å². The number of hydrogen-bond donors (Lipinski definition) is 1. The van der Waals surface area contributed by atoms with Crippen LogP contribution in [-0.2, 0) is 24.2 Å². The molecule has 114 valence electrons. The number of sulfone groups is 1. The van der Waals surface area contributed by atoms with E-state index in [-0.39, 0.29) is 16.4 Å². The number of hydrogen-bond acceptors (Lipinski definition) is 7. The highest BCUT2D eigenvalue weighted by atomic mass is 32.2. The van der Waals surface area contributed by atoms with Crippen molar-refractivity contribution in [2.75, 3.05) is 19.5 Å². The summed E-state index contributed by atoms with van der Waals surface area (Å²) in [6.07, 6.45) is 1.21. The van der Waals surface area contributed by atoms with Crippen LogP contribution in [0.4, 0.5) is 5.69 Å². The number of carbonyl (C=O) groups is 2. The number of fused-ring (bicyclic) bond motifs is 1. The maximum absolute atomic E-state index is 12.7. The molecule has 0 spiro atoms. The lowest BCUT2D eigenvalue weighted by molar-refractivity contribution is -0.133. The predicted molar refractivity (Wildman–Crippen MR) is 75.9 cm³/mol. The smallest absolute Gasteiger partial charge is 0.268 e. The standard InChI is InChI=1S/C14H11NO6S/c1-20-7-3-4-8-11(5-7)22(18,19)14-9(15-8)6-10(21-2)12(16)13(14)17/h3-6,15H,1-2H3. The summed E-state index contributed by atoms with van der Waals surface area (Å²) >= 11 is 0. The molecule has 0 radical (unpaired) electrons. The molecule has 1 heterocycles. The van der Waals surface area contributed by atoms with Crippen molar-refractivity contribution in [2.24, 2.45) is 0 Å². The number of Topliss-reactive ketones (excluding diaryl/α,β-unsaturated/α-hetero) is 2. The number of allylic oxidation sites excluding steroid dienone is 3. The summed E-state index contributed by atoms with van der Waals surface area (Å²) in [7, 11) is -1.49. The van der Waals surface area contributed by atoms with Gasteiger partial charge >= 0.3 is 0 Å². The summed E-state index contributed by atoms with van der Waals surface area (Å²) in [6.45, 7) is 0. The van der Waals surface area contributed by atoms with Crippen molar-refractivity contribution < 1.29 is 27.5 Å². The lowest BCUT2D eigenvalue weighted by Gasteiger charge is -2.25. The minimum absolute atomic E-state index is 0.0270. The van der Waals surface area contributed by atoms with E-state index in [1.165, 1.54) is 32.4 Å². The Balaban J connectivity index is 2.27. The van der Waals surface area contributed by atoms with E-state index in [4.69, 9.17) is 9.47 Å². The molecule has 0 saturated heterocycles. The first kappa shape index (κ1) is 14.3. The predicted octanol–water partition coefficient (Wildman–Crippen LogP) is 0.788. The number of anilines is 1. The van der Waals surface area contributed by atoms with E-state index in [0.29, 0.717) is 11.4 Å². The highest BCUT2D eigenvalue weighted by Crippen LogP contribution is 2.39. The molecule has 1 N–H and O–H groups in total. The van der Waals surface area contributed by atoms with Crippen molar-refractivity contribution in [1.82, 2.24) is 0 Å². The third kappa shape index (κ3) is 1.84. The zero-order valence-electron chi connectivity index (χ0n) is 11.7. The van der Waals surface area contributed by atoms with Crippen LogP contribution in [0.15, 0.2) is 45.5 Å². The molecule has 1 aliphatic carbocycles. The molecule has 0 saturated carbocycles. The fourth-order valence-electron chi connectivity index (χ4n) is 2.32. The van der Waals surface area contributed by atoms with Gasteiger partial charge in [0.2, 0.25) is 9.84 Å². The first-order chi connectivity index (χ1) is 10.4. The second kappa shape index (κ2) is 4.70. The second-order valence-corrected chi connectivity index (χ2v) is 6.46. The lowest BCUT2D eigenvalue weighted by atomic mass is 10.1. The van der Waals surface area contributed by atoms with Gasteiger partial charge in [-0.05, 0) is 12.1 Å². The number of rotatable bonds is 2. The molecule has 1 aliphatic heterocycles. The van der Waals surface area contributed by atoms with Gasteiger partial charge in [0.05, 0.1) is 30.5 Å². The van der Waals surface area contributed by atoms with E-state index in [9.17, 15) is 18.0 Å². The maximum atomic E-state index is 12.7. The van der Waals surface area contributed by atoms with E-state index >= 15 is 0 Å². The van der Waals surface area contributed by atoms with Crippen molar-refractivity contribution in [3.05, 3.63) is 40.6 Å². The lowest BCUT2D eigenvalue weighted by Crippen LogP contribution is -2.33. The minimum Gasteiger partial charge on any atom is -0.497 e. The molecule has 7 nitrogen and oxygen atoms in total. The Kier molecular flexibility index (Phi) is 3.06. The van der Waals surface area contributed by atoms with Crippen LogP contribution >= 0.6 is 0 Å². The summed E-state index contributed by atoms with van der Waals surface area (Å²) < 4.78 is 35.1. The molecule has 2 aliphatic rings. The minimum atomic E-state index is -4.12. The van der Waals surface area contributed by atoms with Gasteiger partial charge in [-0.15, -0.1) is 0 Å². The van der Waals surface area contributed by atoms with Gasteiger partial charge in [-0.25, -0.2) is 8.42 Å². The zero-order chi connectivity index (χ0) is 16.1. The Morgan fingerprint density at radius 2 is 1.77 bits per heavy atom. The molecule has 0 unspecified atom stereocenters. The van der Waals surface area contributed by atoms with Crippen molar-refractivity contribution in [3.63, 3.8) is 0 Å². The Labute approximate surface area is 126 Å². The van der Waals surface area contributed by atoms with Crippen molar-refractivity contribution >= 4 is 27.1 Å². The summed E-state index contributed by atoms with van der Waals surface area (Å²) in [5, 5.41) is 2.84. The highest BCUT2D eigenvalue weighted by molar-refractivity contribution is 7.96. The molecule has 0 bridgehead atoms. The molecule has 1 aromatic carbocycles. The Morgan fingerprint density at radius 1 is 1.05 bits per heavy atom. The average Bonchev–Trinajstić information content (AvgIpc) is 2.50. The van der Waals surface area contributed by atoms with Crippen LogP contribution in [0.2, 0.25) is 0 Å². The summed E-state index contributed by atoms with van der Waals surface area (Å²) in [5.74, 6) is -1.98. The number of ketones is 2. The topological polar surface area (TPSA) is 98.8 Å². The molecule has 1 aromatic rings. The van der Waals surface area contributed by atoms with Gasteiger partial charge in [-0.1, -0.05) is 0 Å². The number of nitrogens with one attached hydrogen (secondary N) is 1. The Bertz CT molecular complexity index is 879. The van der Waals surface area contributed by atoms with E-state index in [1.54, 1.807) is 6.07 Å². The van der Waals surface area contributed by atoms with E-state index in [0.717, 1.165) is 0 Å². The van der Waals surface area contributed by atoms with Gasteiger partial charge in [0.15, 0.2) is 5.76 Å². The van der Waals surface area contributed by atoms with E-state index in [1.807, 2.05) is 0 Å². The molecular weight excluding hydrogens is 310 g/mol. The largest absolute Gasteiger partial charge is 0.497 e. The fourth-order valence-corrected chi connectivity index (χ4v) is 3.96. The highest BCUT2D eigenvalue weighted by Gasteiger charge is 2.43. The van der Waals surface area contributed by atoms with E-state index < -0.39 is 26.3 Å². The SMILES string of the molecule is COC1=CC2=C(C(=O)C1=O)S(=O)(=O)c1cc(OC)ccc1N2. The molecule has 8 heteroatoms. The number of benzene rings is 1. The monoisotopic (exact) mass is 321 g/mol. The molecule has 0 aromatic heterocycles. The summed E-state index contributed by atoms with van der Waals surface area (Å²) in [4.78, 5) is 23.3. The van der Waals surface area contributed by atoms with Gasteiger partial charge < -0.3 is 14.8 Å². The van der Waals surface area contributed by atoms with Gasteiger partial charge in [0.25, 0.3) is 11.6 Å².